The summed E-state index contributed by atoms with van der Waals surface area (Å²) in [6.07, 6.45) is 2.46. The third kappa shape index (κ3) is 2.66. The summed E-state index contributed by atoms with van der Waals surface area (Å²) in [5.74, 6) is 0.221. The van der Waals surface area contributed by atoms with E-state index in [1.54, 1.807) is 0 Å². The summed E-state index contributed by atoms with van der Waals surface area (Å²) in [4.78, 5) is 14.4. The van der Waals surface area contributed by atoms with Gasteiger partial charge in [0.25, 0.3) is 0 Å². The maximum Gasteiger partial charge on any atom is 0.343 e. The van der Waals surface area contributed by atoms with Crippen molar-refractivity contribution in [1.29, 1.82) is 5.26 Å². The van der Waals surface area contributed by atoms with Gasteiger partial charge in [-0.3, -0.25) is 0 Å². The van der Waals surface area contributed by atoms with E-state index < -0.39 is 5.97 Å². The van der Waals surface area contributed by atoms with Crippen LogP contribution in [0.25, 0.3) is 0 Å². The van der Waals surface area contributed by atoms with E-state index in [1.807, 2.05) is 13.0 Å². The average molecular weight is 279 g/mol. The first kappa shape index (κ1) is 13.7. The van der Waals surface area contributed by atoms with Gasteiger partial charge in [-0.2, -0.15) is 5.26 Å². The molecule has 2 N–H and O–H groups in total. The highest BCUT2D eigenvalue weighted by Gasteiger charge is 2.29. The number of anilines is 2. The standard InChI is InChI=1S/C13H17N3O2S/c1-3-16(7-8-4-5-8)12-10(13(17)18-2)11(15)9(6-14)19-12/h8H,3-5,7,15H2,1-2H3. The van der Waals surface area contributed by atoms with E-state index >= 15 is 0 Å². The van der Waals surface area contributed by atoms with Crippen molar-refractivity contribution in [1.82, 2.24) is 0 Å². The Labute approximate surface area is 116 Å². The van der Waals surface area contributed by atoms with Crippen molar-refractivity contribution in [3.05, 3.63) is 10.4 Å². The largest absolute Gasteiger partial charge is 0.465 e. The number of methoxy groups -OCH3 is 1. The maximum absolute atomic E-state index is 11.9. The fourth-order valence-electron chi connectivity index (χ4n) is 2.00. The van der Waals surface area contributed by atoms with E-state index in [9.17, 15) is 4.79 Å². The smallest absolute Gasteiger partial charge is 0.343 e. The van der Waals surface area contributed by atoms with Crippen LogP contribution in [0, 0.1) is 17.2 Å². The van der Waals surface area contributed by atoms with Gasteiger partial charge in [-0.1, -0.05) is 0 Å². The molecule has 1 aliphatic carbocycles. The molecule has 1 aromatic rings. The first-order valence-corrected chi connectivity index (χ1v) is 7.09. The Bertz CT molecular complexity index is 529. The number of nitrogen functional groups attached to an aromatic ring is 1. The SMILES string of the molecule is CCN(CC1CC1)c1sc(C#N)c(N)c1C(=O)OC. The van der Waals surface area contributed by atoms with Crippen molar-refractivity contribution in [3.63, 3.8) is 0 Å². The molecule has 1 fully saturated rings. The number of hydrogen-bond acceptors (Lipinski definition) is 6. The fraction of sp³-hybridized carbons (Fsp3) is 0.538. The third-order valence-electron chi connectivity index (χ3n) is 3.26. The topological polar surface area (TPSA) is 79.4 Å². The number of nitrogens with two attached hydrogens (primary N) is 1. The Balaban J connectivity index is 2.41. The number of nitrogens with zero attached hydrogens (tertiary/aromatic N) is 2. The van der Waals surface area contributed by atoms with Crippen LogP contribution in [0.2, 0.25) is 0 Å². The minimum Gasteiger partial charge on any atom is -0.465 e. The molecule has 0 bridgehead atoms. The molecule has 1 heterocycles. The Morgan fingerprint density at radius 1 is 1.63 bits per heavy atom. The monoisotopic (exact) mass is 279 g/mol. The van der Waals surface area contributed by atoms with Crippen LogP contribution >= 0.6 is 11.3 Å². The molecular formula is C13H17N3O2S. The summed E-state index contributed by atoms with van der Waals surface area (Å²) in [5, 5.41) is 9.83. The average Bonchev–Trinajstić information content (AvgIpc) is 3.18. The highest BCUT2D eigenvalue weighted by atomic mass is 32.1. The van der Waals surface area contributed by atoms with E-state index in [4.69, 9.17) is 15.7 Å². The predicted octanol–water partition coefficient (Wildman–Crippen LogP) is 2.22. The Morgan fingerprint density at radius 3 is 2.79 bits per heavy atom. The number of ether oxygens (including phenoxy) is 1. The van der Waals surface area contributed by atoms with Gasteiger partial charge < -0.3 is 15.4 Å². The van der Waals surface area contributed by atoms with Crippen LogP contribution in [-0.2, 0) is 4.74 Å². The predicted molar refractivity (Wildman–Crippen MR) is 75.4 cm³/mol. The lowest BCUT2D eigenvalue weighted by Gasteiger charge is -2.22. The zero-order valence-corrected chi connectivity index (χ0v) is 11.9. The van der Waals surface area contributed by atoms with E-state index in [0.29, 0.717) is 16.4 Å². The first-order valence-electron chi connectivity index (χ1n) is 6.27. The molecule has 0 atom stereocenters. The van der Waals surface area contributed by atoms with Crippen molar-refractivity contribution in [2.24, 2.45) is 5.92 Å². The maximum atomic E-state index is 11.9. The molecule has 0 aliphatic heterocycles. The molecule has 2 rings (SSSR count). The quantitative estimate of drug-likeness (QED) is 0.836. The van der Waals surface area contributed by atoms with Gasteiger partial charge in [0.1, 0.15) is 21.5 Å². The Hall–Kier alpha value is -1.74. The Morgan fingerprint density at radius 2 is 2.32 bits per heavy atom. The lowest BCUT2D eigenvalue weighted by Crippen LogP contribution is -2.26. The summed E-state index contributed by atoms with van der Waals surface area (Å²) in [6.45, 7) is 3.72. The summed E-state index contributed by atoms with van der Waals surface area (Å²) < 4.78 is 4.78. The zero-order valence-electron chi connectivity index (χ0n) is 11.1. The van der Waals surface area contributed by atoms with Gasteiger partial charge in [-0.15, -0.1) is 11.3 Å². The second-order valence-corrected chi connectivity index (χ2v) is 5.61. The molecule has 0 spiro atoms. The van der Waals surface area contributed by atoms with Crippen molar-refractivity contribution in [2.45, 2.75) is 19.8 Å². The van der Waals surface area contributed by atoms with Crippen LogP contribution in [0.5, 0.6) is 0 Å². The molecule has 1 aromatic heterocycles. The van der Waals surface area contributed by atoms with E-state index in [1.165, 1.54) is 31.3 Å². The van der Waals surface area contributed by atoms with Crippen LogP contribution < -0.4 is 10.6 Å². The second-order valence-electron chi connectivity index (χ2n) is 4.61. The molecule has 102 valence electrons. The van der Waals surface area contributed by atoms with Gasteiger partial charge in [-0.05, 0) is 25.7 Å². The van der Waals surface area contributed by atoms with Crippen LogP contribution in [0.15, 0.2) is 0 Å². The molecule has 0 amide bonds. The van der Waals surface area contributed by atoms with Crippen LogP contribution in [0.4, 0.5) is 10.7 Å². The third-order valence-corrected chi connectivity index (χ3v) is 4.43. The number of thiophene rings is 1. The zero-order chi connectivity index (χ0) is 14.0. The molecule has 19 heavy (non-hydrogen) atoms. The van der Waals surface area contributed by atoms with Gasteiger partial charge in [0, 0.05) is 13.1 Å². The molecule has 0 aromatic carbocycles. The molecule has 0 saturated heterocycles. The van der Waals surface area contributed by atoms with Gasteiger partial charge in [-0.25, -0.2) is 4.79 Å². The summed E-state index contributed by atoms with van der Waals surface area (Å²) in [7, 11) is 1.33. The highest BCUT2D eigenvalue weighted by Crippen LogP contribution is 2.40. The van der Waals surface area contributed by atoms with Gasteiger partial charge in [0.15, 0.2) is 0 Å². The van der Waals surface area contributed by atoms with Crippen molar-refractivity contribution in [3.8, 4) is 6.07 Å². The lowest BCUT2D eigenvalue weighted by atomic mass is 10.2. The van der Waals surface area contributed by atoms with Crippen molar-refractivity contribution >= 4 is 28.0 Å². The summed E-state index contributed by atoms with van der Waals surface area (Å²) in [5.41, 5.74) is 6.47. The lowest BCUT2D eigenvalue weighted by molar-refractivity contribution is 0.0603. The first-order chi connectivity index (χ1) is 9.12. The van der Waals surface area contributed by atoms with Crippen molar-refractivity contribution in [2.75, 3.05) is 30.8 Å². The Kier molecular flexibility index (Phi) is 3.96. The van der Waals surface area contributed by atoms with Gasteiger partial charge in [0.05, 0.1) is 12.8 Å². The van der Waals surface area contributed by atoms with Gasteiger partial charge >= 0.3 is 5.97 Å². The van der Waals surface area contributed by atoms with E-state index in [0.717, 1.165) is 18.1 Å². The van der Waals surface area contributed by atoms with E-state index in [-0.39, 0.29) is 5.69 Å². The number of nitriles is 1. The normalized spacial score (nSPS) is 13.9. The van der Waals surface area contributed by atoms with Gasteiger partial charge in [0.2, 0.25) is 0 Å². The van der Waals surface area contributed by atoms with Crippen molar-refractivity contribution < 1.29 is 9.53 Å². The minimum absolute atomic E-state index is 0.239. The molecule has 0 radical (unpaired) electrons. The molecule has 1 aliphatic rings. The number of esters is 1. The summed E-state index contributed by atoms with van der Waals surface area (Å²) in [6, 6.07) is 2.04. The number of carbonyl (C=O) groups excluding carboxylic acids is 1. The van der Waals surface area contributed by atoms with E-state index in [2.05, 4.69) is 4.90 Å². The minimum atomic E-state index is -0.473. The number of hydrogen-bond donors (Lipinski definition) is 1. The number of rotatable bonds is 5. The highest BCUT2D eigenvalue weighted by molar-refractivity contribution is 7.17. The molecule has 6 heteroatoms. The molecule has 5 nitrogen and oxygen atoms in total. The fourth-order valence-corrected chi connectivity index (χ4v) is 3.08. The number of carbonyl (C=O) groups is 1. The van der Waals surface area contributed by atoms with Crippen LogP contribution in [0.1, 0.15) is 35.0 Å². The van der Waals surface area contributed by atoms with Crippen LogP contribution in [-0.4, -0.2) is 26.2 Å². The molecule has 1 saturated carbocycles. The summed E-state index contributed by atoms with van der Waals surface area (Å²) >= 11 is 1.27. The second kappa shape index (κ2) is 5.49. The molecule has 0 unspecified atom stereocenters. The molecular weight excluding hydrogens is 262 g/mol. The van der Waals surface area contributed by atoms with Crippen LogP contribution in [0.3, 0.4) is 0 Å².